The molecule has 1 radical (unpaired) electrons. The smallest absolute Gasteiger partial charge is 0.176 e. The van der Waals surface area contributed by atoms with Gasteiger partial charge in [0, 0.05) is 29.7 Å². The molecular weight excluding hydrogens is 374 g/mol. The maximum absolute atomic E-state index is 9.99. The van der Waals surface area contributed by atoms with Crippen LogP contribution in [-0.2, 0) is 0 Å². The number of nitrogens with zero attached hydrogens (tertiary/aromatic N) is 1. The number of rotatable bonds is 4. The van der Waals surface area contributed by atoms with Gasteiger partial charge < -0.3 is 20.9 Å². The highest BCUT2D eigenvalue weighted by molar-refractivity contribution is 6.32. The molecule has 0 unspecified atom stereocenters. The number of methoxy groups -OCH3 is 1. The fourth-order valence-corrected chi connectivity index (χ4v) is 3.97. The van der Waals surface area contributed by atoms with Crippen molar-refractivity contribution < 1.29 is 9.84 Å². The van der Waals surface area contributed by atoms with Crippen molar-refractivity contribution in [3.05, 3.63) is 47.6 Å². The Morgan fingerprint density at radius 3 is 2.71 bits per heavy atom. The summed E-state index contributed by atoms with van der Waals surface area (Å²) in [4.78, 5) is 4.44. The number of phenols is 1. The van der Waals surface area contributed by atoms with Crippen LogP contribution in [0.15, 0.2) is 36.5 Å². The molecule has 6 heteroatoms. The van der Waals surface area contributed by atoms with E-state index >= 15 is 0 Å². The first-order chi connectivity index (χ1) is 13.5. The molecule has 4 N–H and O–H groups in total. The number of aromatic hydroxyl groups is 1. The predicted molar refractivity (Wildman–Crippen MR) is 113 cm³/mol. The van der Waals surface area contributed by atoms with Gasteiger partial charge >= 0.3 is 0 Å². The van der Waals surface area contributed by atoms with E-state index in [1.165, 1.54) is 7.11 Å². The lowest BCUT2D eigenvalue weighted by Gasteiger charge is -2.28. The normalized spacial score (nSPS) is 19.5. The maximum Gasteiger partial charge on any atom is 0.176 e. The summed E-state index contributed by atoms with van der Waals surface area (Å²) in [7, 11) is 1.51. The minimum absolute atomic E-state index is 0.0541. The largest absolute Gasteiger partial charge is 0.503 e. The lowest BCUT2D eigenvalue weighted by atomic mass is 9.91. The number of pyridine rings is 1. The summed E-state index contributed by atoms with van der Waals surface area (Å²) in [5.41, 5.74) is 9.70. The van der Waals surface area contributed by atoms with Crippen molar-refractivity contribution >= 4 is 28.2 Å². The number of aromatic nitrogens is 1. The first-order valence-electron chi connectivity index (χ1n) is 9.44. The quantitative estimate of drug-likeness (QED) is 0.592. The third kappa shape index (κ3) is 3.73. The average Bonchev–Trinajstić information content (AvgIpc) is 2.71. The summed E-state index contributed by atoms with van der Waals surface area (Å²) >= 11 is 6.17. The van der Waals surface area contributed by atoms with Gasteiger partial charge in [-0.2, -0.15) is 0 Å². The molecule has 4 rings (SSSR count). The van der Waals surface area contributed by atoms with Crippen molar-refractivity contribution in [2.45, 2.75) is 37.8 Å². The molecule has 3 aromatic rings. The second kappa shape index (κ2) is 7.86. The monoisotopic (exact) mass is 396 g/mol. The van der Waals surface area contributed by atoms with E-state index in [2.05, 4.69) is 22.4 Å². The minimum atomic E-state index is -0.0541. The van der Waals surface area contributed by atoms with E-state index in [1.807, 2.05) is 12.1 Å². The van der Waals surface area contributed by atoms with Crippen LogP contribution in [0.4, 0.5) is 5.69 Å². The number of hydrogen-bond donors (Lipinski definition) is 3. The first-order valence-corrected chi connectivity index (χ1v) is 9.82. The maximum atomic E-state index is 9.99. The van der Waals surface area contributed by atoms with Gasteiger partial charge in [-0.25, -0.2) is 0 Å². The molecule has 0 atom stereocenters. The summed E-state index contributed by atoms with van der Waals surface area (Å²) in [6.07, 6.45) is 5.90. The SMILES string of the molecule is COc1cc(-c2ccc3nc[c]c(NC4CCC(N)CC4)c3c2)cc(Cl)c1O. The van der Waals surface area contributed by atoms with Gasteiger partial charge in [-0.1, -0.05) is 17.7 Å². The lowest BCUT2D eigenvalue weighted by Crippen LogP contribution is -2.32. The fraction of sp³-hybridized carbons (Fsp3) is 0.318. The number of ether oxygens (including phenoxy) is 1. The number of benzene rings is 2. The Morgan fingerprint density at radius 1 is 1.18 bits per heavy atom. The van der Waals surface area contributed by atoms with Crippen LogP contribution in [0.5, 0.6) is 11.5 Å². The van der Waals surface area contributed by atoms with Crippen molar-refractivity contribution in [2.75, 3.05) is 12.4 Å². The Kier molecular flexibility index (Phi) is 5.29. The molecule has 1 aliphatic rings. The van der Waals surface area contributed by atoms with Gasteiger partial charge in [-0.05, 0) is 61.1 Å². The van der Waals surface area contributed by atoms with E-state index in [0.717, 1.165) is 53.4 Å². The van der Waals surface area contributed by atoms with Crippen LogP contribution < -0.4 is 15.8 Å². The second-order valence-corrected chi connectivity index (χ2v) is 7.68. The molecule has 1 aliphatic carbocycles. The molecule has 1 fully saturated rings. The fourth-order valence-electron chi connectivity index (χ4n) is 3.76. The standard InChI is InChI=1S/C22H23ClN3O2/c1-28-21-12-14(11-18(23)22(21)27)13-2-7-19-17(10-13)20(8-9-25-19)26-16-5-3-15(24)4-6-16/h2,7,9-12,15-16,27H,3-6,24H2,1H3,(H,25,26). The molecule has 145 valence electrons. The topological polar surface area (TPSA) is 80.4 Å². The zero-order valence-electron chi connectivity index (χ0n) is 15.7. The second-order valence-electron chi connectivity index (χ2n) is 7.27. The molecule has 2 aromatic carbocycles. The number of hydrogen-bond acceptors (Lipinski definition) is 5. The predicted octanol–water partition coefficient (Wildman–Crippen LogP) is 4.75. The van der Waals surface area contributed by atoms with Crippen LogP contribution in [-0.4, -0.2) is 29.3 Å². The average molecular weight is 397 g/mol. The van der Waals surface area contributed by atoms with Crippen LogP contribution >= 0.6 is 11.6 Å². The van der Waals surface area contributed by atoms with E-state index in [9.17, 15) is 5.11 Å². The highest BCUT2D eigenvalue weighted by Crippen LogP contribution is 2.39. The summed E-state index contributed by atoms with van der Waals surface area (Å²) in [5, 5.41) is 14.9. The molecule has 0 saturated heterocycles. The molecule has 0 amide bonds. The number of fused-ring (bicyclic) bond motifs is 1. The minimum Gasteiger partial charge on any atom is -0.503 e. The number of anilines is 1. The van der Waals surface area contributed by atoms with Crippen LogP contribution in [0, 0.1) is 6.07 Å². The lowest BCUT2D eigenvalue weighted by molar-refractivity contribution is 0.374. The van der Waals surface area contributed by atoms with Crippen LogP contribution in [0.3, 0.4) is 0 Å². The van der Waals surface area contributed by atoms with Gasteiger partial charge in [-0.3, -0.25) is 4.98 Å². The summed E-state index contributed by atoms with van der Waals surface area (Å²) in [5.74, 6) is 0.291. The molecule has 0 bridgehead atoms. The van der Waals surface area contributed by atoms with E-state index in [1.54, 1.807) is 18.3 Å². The van der Waals surface area contributed by atoms with Gasteiger partial charge in [0.2, 0.25) is 0 Å². The Balaban J connectivity index is 1.71. The summed E-state index contributed by atoms with van der Waals surface area (Å²) in [6, 6.07) is 13.5. The zero-order valence-corrected chi connectivity index (χ0v) is 16.5. The Labute approximate surface area is 169 Å². The summed E-state index contributed by atoms with van der Waals surface area (Å²) in [6.45, 7) is 0. The molecule has 0 spiro atoms. The van der Waals surface area contributed by atoms with E-state index in [-0.39, 0.29) is 10.8 Å². The third-order valence-corrected chi connectivity index (χ3v) is 5.67. The number of halogens is 1. The van der Waals surface area contributed by atoms with Gasteiger partial charge in [0.1, 0.15) is 0 Å². The van der Waals surface area contributed by atoms with Crippen molar-refractivity contribution in [1.29, 1.82) is 0 Å². The van der Waals surface area contributed by atoms with Crippen LogP contribution in [0.1, 0.15) is 25.7 Å². The Bertz CT molecular complexity index is 1000. The Hall–Kier alpha value is -2.50. The van der Waals surface area contributed by atoms with E-state index in [4.69, 9.17) is 22.1 Å². The number of nitrogens with one attached hydrogen (secondary N) is 1. The first kappa shape index (κ1) is 18.8. The van der Waals surface area contributed by atoms with Crippen LogP contribution in [0.25, 0.3) is 22.0 Å². The molecule has 1 saturated carbocycles. The number of phenolic OH excluding ortho intramolecular Hbond substituents is 1. The van der Waals surface area contributed by atoms with Crippen molar-refractivity contribution in [3.8, 4) is 22.6 Å². The molecule has 1 aromatic heterocycles. The van der Waals surface area contributed by atoms with Gasteiger partial charge in [0.05, 0.1) is 23.3 Å². The number of nitrogens with two attached hydrogens (primary N) is 1. The van der Waals surface area contributed by atoms with Gasteiger partial charge in [0.15, 0.2) is 11.5 Å². The summed E-state index contributed by atoms with van der Waals surface area (Å²) < 4.78 is 5.23. The van der Waals surface area contributed by atoms with Crippen molar-refractivity contribution in [1.82, 2.24) is 4.98 Å². The molecule has 0 aliphatic heterocycles. The highest BCUT2D eigenvalue weighted by atomic mass is 35.5. The zero-order chi connectivity index (χ0) is 19.7. The molecular formula is C22H23ClN3O2. The molecule has 1 heterocycles. The van der Waals surface area contributed by atoms with Crippen molar-refractivity contribution in [3.63, 3.8) is 0 Å². The van der Waals surface area contributed by atoms with Crippen molar-refractivity contribution in [2.24, 2.45) is 5.73 Å². The molecule has 5 nitrogen and oxygen atoms in total. The van der Waals surface area contributed by atoms with E-state index < -0.39 is 0 Å². The van der Waals surface area contributed by atoms with Gasteiger partial charge in [-0.15, -0.1) is 0 Å². The third-order valence-electron chi connectivity index (χ3n) is 5.38. The molecule has 28 heavy (non-hydrogen) atoms. The van der Waals surface area contributed by atoms with Gasteiger partial charge in [0.25, 0.3) is 0 Å². The Morgan fingerprint density at radius 2 is 1.96 bits per heavy atom. The van der Waals surface area contributed by atoms with Crippen LogP contribution in [0.2, 0.25) is 5.02 Å². The highest BCUT2D eigenvalue weighted by Gasteiger charge is 2.19. The van der Waals surface area contributed by atoms with E-state index in [0.29, 0.717) is 17.8 Å².